The summed E-state index contributed by atoms with van der Waals surface area (Å²) < 4.78 is 4.95. The van der Waals surface area contributed by atoms with Gasteiger partial charge in [0.15, 0.2) is 5.16 Å². The lowest BCUT2D eigenvalue weighted by Crippen LogP contribution is -2.19. The highest BCUT2D eigenvalue weighted by atomic mass is 35.5. The Morgan fingerprint density at radius 2 is 2.00 bits per heavy atom. The van der Waals surface area contributed by atoms with Crippen LogP contribution in [0.2, 0.25) is 10.3 Å². The third kappa shape index (κ3) is 4.69. The summed E-state index contributed by atoms with van der Waals surface area (Å²) in [5, 5.41) is 0.546. The number of carbonyl (C=O) groups excluding carboxylic acids is 1. The van der Waals surface area contributed by atoms with Gasteiger partial charge in [-0.15, -0.1) is 0 Å². The van der Waals surface area contributed by atoms with Crippen LogP contribution < -0.4 is 0 Å². The lowest BCUT2D eigenvalue weighted by molar-refractivity contribution is -0.142. The second kappa shape index (κ2) is 7.03. The highest BCUT2D eigenvalue weighted by Crippen LogP contribution is 2.25. The van der Waals surface area contributed by atoms with Crippen LogP contribution in [0, 0.1) is 0 Å². The molecule has 7 heteroatoms. The minimum absolute atomic E-state index is 0.256. The Morgan fingerprint density at radius 1 is 1.41 bits per heavy atom. The molecule has 0 aliphatic heterocycles. The van der Waals surface area contributed by atoms with Crippen LogP contribution in [-0.2, 0) is 9.53 Å². The van der Waals surface area contributed by atoms with Gasteiger partial charge in [0, 0.05) is 6.07 Å². The summed E-state index contributed by atoms with van der Waals surface area (Å²) in [6.07, 6.45) is 0.622. The summed E-state index contributed by atoms with van der Waals surface area (Å²) in [5.74, 6) is -0.278. The Labute approximate surface area is 114 Å². The quantitative estimate of drug-likeness (QED) is 0.361. The SMILES string of the molecule is CCOC(=O)[C@@H](CC)Sc1nc(Cl)cc(Cl)n1. The molecule has 0 unspecified atom stereocenters. The van der Waals surface area contributed by atoms with Crippen LogP contribution >= 0.6 is 35.0 Å². The van der Waals surface area contributed by atoms with E-state index in [0.717, 1.165) is 0 Å². The number of halogens is 2. The minimum atomic E-state index is -0.343. The lowest BCUT2D eigenvalue weighted by Gasteiger charge is -2.11. The van der Waals surface area contributed by atoms with E-state index in [1.807, 2.05) is 6.92 Å². The van der Waals surface area contributed by atoms with Crippen molar-refractivity contribution < 1.29 is 9.53 Å². The van der Waals surface area contributed by atoms with Gasteiger partial charge in [0.25, 0.3) is 0 Å². The van der Waals surface area contributed by atoms with Gasteiger partial charge >= 0.3 is 5.97 Å². The summed E-state index contributed by atoms with van der Waals surface area (Å²) in [6, 6.07) is 1.44. The molecule has 4 nitrogen and oxygen atoms in total. The first kappa shape index (κ1) is 14.5. The Kier molecular flexibility index (Phi) is 6.02. The van der Waals surface area contributed by atoms with E-state index in [2.05, 4.69) is 9.97 Å². The molecule has 0 N–H and O–H groups in total. The molecule has 17 heavy (non-hydrogen) atoms. The van der Waals surface area contributed by atoms with Crippen molar-refractivity contribution in [2.24, 2.45) is 0 Å². The Bertz CT molecular complexity index is 384. The molecule has 1 atom stereocenters. The van der Waals surface area contributed by atoms with Crippen LogP contribution in [0.4, 0.5) is 0 Å². The van der Waals surface area contributed by atoms with Crippen molar-refractivity contribution in [2.75, 3.05) is 6.61 Å². The van der Waals surface area contributed by atoms with Gasteiger partial charge in [0.1, 0.15) is 15.6 Å². The Morgan fingerprint density at radius 3 is 2.47 bits per heavy atom. The molecular formula is C10H12Cl2N2O2S. The van der Waals surface area contributed by atoms with E-state index in [1.165, 1.54) is 17.8 Å². The normalized spacial score (nSPS) is 12.2. The van der Waals surface area contributed by atoms with E-state index in [-0.39, 0.29) is 21.5 Å². The summed E-state index contributed by atoms with van der Waals surface area (Å²) >= 11 is 12.7. The van der Waals surface area contributed by atoms with Gasteiger partial charge in [-0.2, -0.15) is 0 Å². The van der Waals surface area contributed by atoms with Gasteiger partial charge in [-0.1, -0.05) is 41.9 Å². The van der Waals surface area contributed by atoms with Crippen LogP contribution in [0.15, 0.2) is 11.2 Å². The van der Waals surface area contributed by atoms with Gasteiger partial charge in [0.05, 0.1) is 6.61 Å². The monoisotopic (exact) mass is 294 g/mol. The summed E-state index contributed by atoms with van der Waals surface area (Å²) in [6.45, 7) is 4.01. The molecule has 0 saturated carbocycles. The number of carbonyl (C=O) groups is 1. The first-order valence-corrected chi connectivity index (χ1v) is 6.73. The molecule has 0 bridgehead atoms. The maximum atomic E-state index is 11.6. The highest BCUT2D eigenvalue weighted by Gasteiger charge is 2.20. The molecule has 0 aromatic carbocycles. The summed E-state index contributed by atoms with van der Waals surface area (Å²) in [5.41, 5.74) is 0. The zero-order chi connectivity index (χ0) is 12.8. The first-order chi connectivity index (χ1) is 8.06. The fourth-order valence-electron chi connectivity index (χ4n) is 1.08. The highest BCUT2D eigenvalue weighted by molar-refractivity contribution is 8.00. The molecule has 0 fully saturated rings. The number of nitrogens with zero attached hydrogens (tertiary/aromatic N) is 2. The second-order valence-corrected chi connectivity index (χ2v) is 5.01. The number of hydrogen-bond acceptors (Lipinski definition) is 5. The summed E-state index contributed by atoms with van der Waals surface area (Å²) in [4.78, 5) is 19.6. The molecule has 0 spiro atoms. The van der Waals surface area contributed by atoms with Crippen molar-refractivity contribution in [3.8, 4) is 0 Å². The fraction of sp³-hybridized carbons (Fsp3) is 0.500. The maximum absolute atomic E-state index is 11.6. The molecule has 0 radical (unpaired) electrons. The van der Waals surface area contributed by atoms with E-state index in [9.17, 15) is 4.79 Å². The van der Waals surface area contributed by atoms with Gasteiger partial charge in [-0.3, -0.25) is 4.79 Å². The van der Waals surface area contributed by atoms with Crippen LogP contribution in [-0.4, -0.2) is 27.8 Å². The predicted octanol–water partition coefficient (Wildman–Crippen LogP) is 3.22. The average Bonchev–Trinajstić information content (AvgIpc) is 2.24. The molecular weight excluding hydrogens is 283 g/mol. The van der Waals surface area contributed by atoms with E-state index >= 15 is 0 Å². The molecule has 94 valence electrons. The van der Waals surface area contributed by atoms with Crippen LogP contribution in [0.3, 0.4) is 0 Å². The molecule has 0 aliphatic carbocycles. The zero-order valence-electron chi connectivity index (χ0n) is 9.44. The number of thioether (sulfide) groups is 1. The Hall–Kier alpha value is -0.520. The minimum Gasteiger partial charge on any atom is -0.465 e. The molecule has 1 heterocycles. The van der Waals surface area contributed by atoms with Crippen LogP contribution in [0.1, 0.15) is 20.3 Å². The maximum Gasteiger partial charge on any atom is 0.319 e. The lowest BCUT2D eigenvalue weighted by atomic mass is 10.3. The largest absolute Gasteiger partial charge is 0.465 e. The Balaban J connectivity index is 2.76. The van der Waals surface area contributed by atoms with E-state index in [0.29, 0.717) is 18.2 Å². The number of aromatic nitrogens is 2. The predicted molar refractivity (Wildman–Crippen MR) is 68.6 cm³/mol. The molecule has 0 saturated heterocycles. The number of hydrogen-bond donors (Lipinski definition) is 0. The number of rotatable bonds is 5. The van der Waals surface area contributed by atoms with Crippen molar-refractivity contribution in [1.82, 2.24) is 9.97 Å². The third-order valence-corrected chi connectivity index (χ3v) is 3.40. The van der Waals surface area contributed by atoms with E-state index in [1.54, 1.807) is 6.92 Å². The standard InChI is InChI=1S/C10H12Cl2N2O2S/c1-3-6(9(15)16-4-2)17-10-13-7(11)5-8(12)14-10/h5-6H,3-4H2,1-2H3/t6-/m1/s1. The van der Waals surface area contributed by atoms with Gasteiger partial charge in [-0.25, -0.2) is 9.97 Å². The molecule has 0 amide bonds. The van der Waals surface area contributed by atoms with Gasteiger partial charge in [0.2, 0.25) is 0 Å². The van der Waals surface area contributed by atoms with Crippen molar-refractivity contribution in [1.29, 1.82) is 0 Å². The van der Waals surface area contributed by atoms with Gasteiger partial charge < -0.3 is 4.74 Å². The number of ether oxygens (including phenoxy) is 1. The van der Waals surface area contributed by atoms with Gasteiger partial charge in [-0.05, 0) is 13.3 Å². The first-order valence-electron chi connectivity index (χ1n) is 5.10. The average molecular weight is 295 g/mol. The van der Waals surface area contributed by atoms with Crippen LogP contribution in [0.25, 0.3) is 0 Å². The topological polar surface area (TPSA) is 52.1 Å². The molecule has 1 rings (SSSR count). The van der Waals surface area contributed by atoms with E-state index in [4.69, 9.17) is 27.9 Å². The van der Waals surface area contributed by atoms with Crippen molar-refractivity contribution in [2.45, 2.75) is 30.7 Å². The zero-order valence-corrected chi connectivity index (χ0v) is 11.8. The molecule has 1 aromatic heterocycles. The smallest absolute Gasteiger partial charge is 0.319 e. The molecule has 0 aliphatic rings. The van der Waals surface area contributed by atoms with Crippen molar-refractivity contribution >= 4 is 40.9 Å². The fourth-order valence-corrected chi connectivity index (χ4v) is 2.49. The van der Waals surface area contributed by atoms with Crippen LogP contribution in [0.5, 0.6) is 0 Å². The third-order valence-electron chi connectivity index (χ3n) is 1.81. The second-order valence-electron chi connectivity index (χ2n) is 3.06. The number of esters is 1. The van der Waals surface area contributed by atoms with Crippen molar-refractivity contribution in [3.05, 3.63) is 16.4 Å². The van der Waals surface area contributed by atoms with Crippen molar-refractivity contribution in [3.63, 3.8) is 0 Å². The summed E-state index contributed by atoms with van der Waals surface area (Å²) in [7, 11) is 0. The van der Waals surface area contributed by atoms with E-state index < -0.39 is 0 Å². The molecule has 1 aromatic rings.